The van der Waals surface area contributed by atoms with E-state index < -0.39 is 18.3 Å². The number of hydrogen-bond acceptors (Lipinski definition) is 3. The predicted molar refractivity (Wildman–Crippen MR) is 156 cm³/mol. The van der Waals surface area contributed by atoms with Crippen LogP contribution in [0.5, 0.6) is 0 Å². The molecule has 1 aromatic carbocycles. The fourth-order valence-electron chi connectivity index (χ4n) is 8.20. The second kappa shape index (κ2) is 10.9. The Hall–Kier alpha value is -1.94. The Balaban J connectivity index is 1.29. The van der Waals surface area contributed by atoms with Crippen LogP contribution in [0.25, 0.3) is 0 Å². The van der Waals surface area contributed by atoms with Crippen LogP contribution in [-0.4, -0.2) is 33.6 Å². The minimum atomic E-state index is -0.635. The van der Waals surface area contributed by atoms with Crippen molar-refractivity contribution in [1.82, 2.24) is 0 Å². The summed E-state index contributed by atoms with van der Waals surface area (Å²) in [5.74, 6) is 1.62. The maximum absolute atomic E-state index is 11.3. The number of allylic oxidation sites excluding steroid dienone is 4. The summed E-state index contributed by atoms with van der Waals surface area (Å²) < 4.78 is 0. The third-order valence-corrected chi connectivity index (χ3v) is 10.8. The van der Waals surface area contributed by atoms with Crippen molar-refractivity contribution in [3.05, 3.63) is 83.0 Å². The summed E-state index contributed by atoms with van der Waals surface area (Å²) in [6.07, 6.45) is 17.5. The molecule has 206 valence electrons. The number of benzene rings is 1. The Morgan fingerprint density at radius 1 is 1.11 bits per heavy atom. The monoisotopic (exact) mass is 516 g/mol. The van der Waals surface area contributed by atoms with Crippen LogP contribution >= 0.6 is 0 Å². The lowest BCUT2D eigenvalue weighted by molar-refractivity contribution is 0.0862. The zero-order valence-electron chi connectivity index (χ0n) is 23.7. The van der Waals surface area contributed by atoms with Gasteiger partial charge in [-0.05, 0) is 103 Å². The highest BCUT2D eigenvalue weighted by Gasteiger charge is 2.51. The zero-order valence-corrected chi connectivity index (χ0v) is 23.7. The van der Waals surface area contributed by atoms with Crippen LogP contribution in [0.3, 0.4) is 0 Å². The minimum Gasteiger partial charge on any atom is -0.393 e. The summed E-state index contributed by atoms with van der Waals surface area (Å²) >= 11 is 0. The average molecular weight is 517 g/mol. The molecule has 38 heavy (non-hydrogen) atoms. The first-order chi connectivity index (χ1) is 18.2. The van der Waals surface area contributed by atoms with E-state index in [1.807, 2.05) is 0 Å². The van der Waals surface area contributed by atoms with Gasteiger partial charge in [0.15, 0.2) is 0 Å². The van der Waals surface area contributed by atoms with Crippen LogP contribution in [0.2, 0.25) is 0 Å². The molecule has 0 aromatic heterocycles. The van der Waals surface area contributed by atoms with E-state index in [2.05, 4.69) is 75.9 Å². The third kappa shape index (κ3) is 5.15. The fourth-order valence-corrected chi connectivity index (χ4v) is 8.20. The Morgan fingerprint density at radius 3 is 2.63 bits per heavy atom. The number of aryl methyl sites for hydroxylation is 1. The van der Waals surface area contributed by atoms with Gasteiger partial charge in [-0.2, -0.15) is 0 Å². The van der Waals surface area contributed by atoms with Gasteiger partial charge in [0.2, 0.25) is 0 Å². The Morgan fingerprint density at radius 2 is 1.89 bits per heavy atom. The van der Waals surface area contributed by atoms with Crippen molar-refractivity contribution in [1.29, 1.82) is 0 Å². The molecule has 5 rings (SSSR count). The molecule has 1 aromatic rings. The Bertz CT molecular complexity index is 1120. The third-order valence-electron chi connectivity index (χ3n) is 10.8. The SMILES string of the molecule is C=C1/C(=C\C=C2/CCC[C@]3(C)[C@@H]([C@H](C)/C=C/[C@H](O)C4(c5cccc(CC)c5)CC4)CC[C@@H]23)C[C@@H](O)C[C@@H]1O. The maximum Gasteiger partial charge on any atom is 0.0817 e. The van der Waals surface area contributed by atoms with E-state index in [4.69, 9.17) is 0 Å². The van der Waals surface area contributed by atoms with Gasteiger partial charge in [-0.3, -0.25) is 0 Å². The van der Waals surface area contributed by atoms with Crippen LogP contribution < -0.4 is 0 Å². The second-order valence-corrected chi connectivity index (χ2v) is 13.1. The first kappa shape index (κ1) is 27.6. The number of hydrogen-bond donors (Lipinski definition) is 3. The highest BCUT2D eigenvalue weighted by molar-refractivity contribution is 5.39. The number of aliphatic hydroxyl groups is 3. The molecule has 0 bridgehead atoms. The molecular formula is C35H48O3. The van der Waals surface area contributed by atoms with Crippen molar-refractivity contribution in [3.8, 4) is 0 Å². The molecule has 7 atom stereocenters. The summed E-state index contributed by atoms with van der Waals surface area (Å²) in [5, 5.41) is 31.7. The van der Waals surface area contributed by atoms with Gasteiger partial charge in [-0.15, -0.1) is 0 Å². The van der Waals surface area contributed by atoms with Crippen molar-refractivity contribution in [2.75, 3.05) is 0 Å². The highest BCUT2D eigenvalue weighted by atomic mass is 16.3. The van der Waals surface area contributed by atoms with Crippen molar-refractivity contribution in [2.45, 2.75) is 109 Å². The molecule has 4 saturated carbocycles. The van der Waals surface area contributed by atoms with Gasteiger partial charge >= 0.3 is 0 Å². The van der Waals surface area contributed by atoms with E-state index in [1.54, 1.807) is 0 Å². The lowest BCUT2D eigenvalue weighted by Gasteiger charge is -2.44. The van der Waals surface area contributed by atoms with Crippen molar-refractivity contribution in [2.24, 2.45) is 23.2 Å². The van der Waals surface area contributed by atoms with E-state index in [0.29, 0.717) is 30.6 Å². The Labute approximate surface area is 230 Å². The topological polar surface area (TPSA) is 60.7 Å². The molecule has 3 heteroatoms. The standard InChI is InChI=1S/C35H48O3/c1-5-25-8-6-10-28(20-25)35(18-19-35)33(38)16-11-23(2)30-14-15-31-26(9-7-17-34(30,31)4)12-13-27-21-29(36)22-32(37)24(27)3/h6,8,10-13,16,20,23,29-33,36-38H,3,5,7,9,14-15,17-19,21-22H2,1-2,4H3/b16-11+,26-12+,27-13-/t23-,29-,30-,31+,32+,33+,34-/m1/s1. The first-order valence-electron chi connectivity index (χ1n) is 15.1. The average Bonchev–Trinajstić information content (AvgIpc) is 3.64. The number of rotatable bonds is 7. The van der Waals surface area contributed by atoms with Gasteiger partial charge in [0, 0.05) is 11.8 Å². The predicted octanol–water partition coefficient (Wildman–Crippen LogP) is 6.97. The lowest BCUT2D eigenvalue weighted by atomic mass is 9.61. The quantitative estimate of drug-likeness (QED) is 0.343. The second-order valence-electron chi connectivity index (χ2n) is 13.1. The normalized spacial score (nSPS) is 36.5. The summed E-state index contributed by atoms with van der Waals surface area (Å²) in [6, 6.07) is 8.82. The van der Waals surface area contributed by atoms with E-state index in [0.717, 1.165) is 36.8 Å². The zero-order chi connectivity index (χ0) is 27.1. The molecule has 3 nitrogen and oxygen atoms in total. The maximum atomic E-state index is 11.3. The fraction of sp³-hybridized carbons (Fsp3) is 0.600. The van der Waals surface area contributed by atoms with Gasteiger partial charge in [0.25, 0.3) is 0 Å². The van der Waals surface area contributed by atoms with Crippen LogP contribution in [0.4, 0.5) is 0 Å². The largest absolute Gasteiger partial charge is 0.393 e. The molecule has 0 aliphatic heterocycles. The van der Waals surface area contributed by atoms with Gasteiger partial charge in [-0.25, -0.2) is 0 Å². The van der Waals surface area contributed by atoms with Gasteiger partial charge < -0.3 is 15.3 Å². The van der Waals surface area contributed by atoms with Crippen LogP contribution in [-0.2, 0) is 11.8 Å². The first-order valence-corrected chi connectivity index (χ1v) is 15.1. The van der Waals surface area contributed by atoms with Crippen LogP contribution in [0.15, 0.2) is 71.9 Å². The molecule has 4 aliphatic carbocycles. The summed E-state index contributed by atoms with van der Waals surface area (Å²) in [4.78, 5) is 0. The van der Waals surface area contributed by atoms with E-state index in [-0.39, 0.29) is 10.8 Å². The summed E-state index contributed by atoms with van der Waals surface area (Å²) in [6.45, 7) is 11.1. The molecule has 0 saturated heterocycles. The Kier molecular flexibility index (Phi) is 7.93. The molecule has 0 spiro atoms. The molecule has 4 fully saturated rings. The molecule has 0 radical (unpaired) electrons. The lowest BCUT2D eigenvalue weighted by Crippen LogP contribution is -2.35. The van der Waals surface area contributed by atoms with Crippen LogP contribution in [0.1, 0.15) is 89.7 Å². The van der Waals surface area contributed by atoms with Gasteiger partial charge in [0.1, 0.15) is 0 Å². The van der Waals surface area contributed by atoms with Gasteiger partial charge in [0.05, 0.1) is 18.3 Å². The molecule has 0 amide bonds. The van der Waals surface area contributed by atoms with E-state index >= 15 is 0 Å². The van der Waals surface area contributed by atoms with E-state index in [9.17, 15) is 15.3 Å². The molecule has 0 unspecified atom stereocenters. The van der Waals surface area contributed by atoms with Crippen molar-refractivity contribution >= 4 is 0 Å². The number of aliphatic hydroxyl groups excluding tert-OH is 3. The van der Waals surface area contributed by atoms with E-state index in [1.165, 1.54) is 42.4 Å². The number of fused-ring (bicyclic) bond motifs is 1. The summed E-state index contributed by atoms with van der Waals surface area (Å²) in [7, 11) is 0. The summed E-state index contributed by atoms with van der Waals surface area (Å²) in [5.41, 5.74) is 6.11. The molecule has 4 aliphatic rings. The minimum absolute atomic E-state index is 0.0952. The van der Waals surface area contributed by atoms with Crippen molar-refractivity contribution < 1.29 is 15.3 Å². The highest BCUT2D eigenvalue weighted by Crippen LogP contribution is 2.60. The van der Waals surface area contributed by atoms with Crippen molar-refractivity contribution in [3.63, 3.8) is 0 Å². The molecule has 3 N–H and O–H groups in total. The van der Waals surface area contributed by atoms with Crippen LogP contribution in [0, 0.1) is 23.2 Å². The molecular weight excluding hydrogens is 468 g/mol. The van der Waals surface area contributed by atoms with Gasteiger partial charge in [-0.1, -0.05) is 81.5 Å². The smallest absolute Gasteiger partial charge is 0.0817 e. The molecule has 0 heterocycles.